The summed E-state index contributed by atoms with van der Waals surface area (Å²) in [7, 11) is 0. The van der Waals surface area contributed by atoms with Gasteiger partial charge in [-0.3, -0.25) is 0 Å². The maximum atomic E-state index is 9.15. The SMILES string of the molecule is CCCCCCC(=N\O)/C(=N\O)c1ccc(C)cc1. The van der Waals surface area contributed by atoms with Gasteiger partial charge in [0.05, 0.1) is 0 Å². The standard InChI is InChI=1S/C15H22N2O2/c1-3-4-5-6-7-14(16-18)15(17-19)13-10-8-12(2)9-11-13/h8-11,18-19H,3-7H2,1-2H3/b16-14+,17-15-. The fraction of sp³-hybridized carbons (Fsp3) is 0.467. The molecule has 0 aromatic heterocycles. The fourth-order valence-electron chi connectivity index (χ4n) is 1.93. The number of hydrogen-bond acceptors (Lipinski definition) is 4. The highest BCUT2D eigenvalue weighted by molar-refractivity contribution is 6.48. The molecule has 4 nitrogen and oxygen atoms in total. The van der Waals surface area contributed by atoms with Crippen molar-refractivity contribution in [3.63, 3.8) is 0 Å². The minimum absolute atomic E-state index is 0.346. The first-order valence-electron chi connectivity index (χ1n) is 6.73. The number of aryl methyl sites for hydroxylation is 1. The lowest BCUT2D eigenvalue weighted by Gasteiger charge is -2.07. The van der Waals surface area contributed by atoms with E-state index in [4.69, 9.17) is 10.4 Å². The van der Waals surface area contributed by atoms with Gasteiger partial charge in [0.2, 0.25) is 0 Å². The van der Waals surface area contributed by atoms with E-state index in [0.717, 1.165) is 36.8 Å². The van der Waals surface area contributed by atoms with Crippen LogP contribution in [0.2, 0.25) is 0 Å². The van der Waals surface area contributed by atoms with Crippen molar-refractivity contribution < 1.29 is 10.4 Å². The van der Waals surface area contributed by atoms with E-state index >= 15 is 0 Å². The Morgan fingerprint density at radius 1 is 1.00 bits per heavy atom. The molecule has 0 heterocycles. The van der Waals surface area contributed by atoms with Crippen LogP contribution in [0, 0.1) is 6.92 Å². The number of nitrogens with zero attached hydrogens (tertiary/aromatic N) is 2. The summed E-state index contributed by atoms with van der Waals surface area (Å²) < 4.78 is 0. The summed E-state index contributed by atoms with van der Waals surface area (Å²) in [5, 5.41) is 24.8. The molecule has 0 saturated carbocycles. The van der Waals surface area contributed by atoms with Crippen molar-refractivity contribution in [2.24, 2.45) is 10.3 Å². The summed E-state index contributed by atoms with van der Waals surface area (Å²) >= 11 is 0. The maximum absolute atomic E-state index is 9.15. The van der Waals surface area contributed by atoms with Crippen molar-refractivity contribution in [2.75, 3.05) is 0 Å². The third kappa shape index (κ3) is 4.73. The van der Waals surface area contributed by atoms with Gasteiger partial charge in [0.15, 0.2) is 0 Å². The van der Waals surface area contributed by atoms with Crippen LogP contribution in [0.4, 0.5) is 0 Å². The zero-order valence-electron chi connectivity index (χ0n) is 11.6. The van der Waals surface area contributed by atoms with Gasteiger partial charge in [-0.15, -0.1) is 0 Å². The first kappa shape index (κ1) is 15.2. The second-order valence-electron chi connectivity index (χ2n) is 4.67. The second-order valence-corrected chi connectivity index (χ2v) is 4.67. The predicted molar refractivity (Wildman–Crippen MR) is 77.5 cm³/mol. The highest BCUT2D eigenvalue weighted by Crippen LogP contribution is 2.11. The van der Waals surface area contributed by atoms with Gasteiger partial charge in [0.25, 0.3) is 0 Å². The lowest BCUT2D eigenvalue weighted by Crippen LogP contribution is -2.16. The van der Waals surface area contributed by atoms with Gasteiger partial charge in [-0.25, -0.2) is 0 Å². The normalized spacial score (nSPS) is 12.7. The summed E-state index contributed by atoms with van der Waals surface area (Å²) in [5.74, 6) is 0. The van der Waals surface area contributed by atoms with E-state index in [0.29, 0.717) is 17.8 Å². The molecule has 0 aliphatic heterocycles. The minimum atomic E-state index is 0.346. The Kier molecular flexibility index (Phi) is 6.64. The van der Waals surface area contributed by atoms with Crippen LogP contribution in [0.25, 0.3) is 0 Å². The highest BCUT2D eigenvalue weighted by atomic mass is 16.4. The van der Waals surface area contributed by atoms with Crippen molar-refractivity contribution in [1.29, 1.82) is 0 Å². The Labute approximate surface area is 114 Å². The average molecular weight is 262 g/mol. The molecule has 0 radical (unpaired) electrons. The number of unbranched alkanes of at least 4 members (excludes halogenated alkanes) is 3. The van der Waals surface area contributed by atoms with Crippen LogP contribution in [0.15, 0.2) is 34.6 Å². The smallest absolute Gasteiger partial charge is 0.134 e. The molecular formula is C15H22N2O2. The zero-order chi connectivity index (χ0) is 14.1. The van der Waals surface area contributed by atoms with E-state index in [9.17, 15) is 0 Å². The van der Waals surface area contributed by atoms with Crippen LogP contribution in [0.3, 0.4) is 0 Å². The third-order valence-electron chi connectivity index (χ3n) is 3.09. The average Bonchev–Trinajstić information content (AvgIpc) is 2.44. The zero-order valence-corrected chi connectivity index (χ0v) is 11.6. The van der Waals surface area contributed by atoms with Gasteiger partial charge in [-0.05, 0) is 19.8 Å². The monoisotopic (exact) mass is 262 g/mol. The van der Waals surface area contributed by atoms with Gasteiger partial charge in [0, 0.05) is 5.56 Å². The van der Waals surface area contributed by atoms with Crippen molar-refractivity contribution >= 4 is 11.4 Å². The van der Waals surface area contributed by atoms with E-state index in [1.807, 2.05) is 31.2 Å². The minimum Gasteiger partial charge on any atom is -0.411 e. The van der Waals surface area contributed by atoms with Gasteiger partial charge in [-0.2, -0.15) is 0 Å². The Balaban J connectivity index is 2.74. The van der Waals surface area contributed by atoms with E-state index in [1.54, 1.807) is 0 Å². The van der Waals surface area contributed by atoms with Crippen molar-refractivity contribution in [1.82, 2.24) is 0 Å². The van der Waals surface area contributed by atoms with E-state index in [2.05, 4.69) is 17.2 Å². The highest BCUT2D eigenvalue weighted by Gasteiger charge is 2.13. The molecule has 1 aromatic rings. The quantitative estimate of drug-likeness (QED) is 0.338. The predicted octanol–water partition coefficient (Wildman–Crippen LogP) is 3.97. The largest absolute Gasteiger partial charge is 0.411 e. The molecule has 4 heteroatoms. The van der Waals surface area contributed by atoms with Crippen LogP contribution in [-0.4, -0.2) is 21.8 Å². The molecule has 104 valence electrons. The molecule has 19 heavy (non-hydrogen) atoms. The molecular weight excluding hydrogens is 240 g/mol. The molecule has 0 amide bonds. The summed E-state index contributed by atoms with van der Waals surface area (Å²) in [6.07, 6.45) is 4.95. The molecule has 0 fully saturated rings. The molecule has 0 aliphatic rings. The van der Waals surface area contributed by atoms with Crippen molar-refractivity contribution in [2.45, 2.75) is 46.0 Å². The number of benzene rings is 1. The molecule has 0 saturated heterocycles. The summed E-state index contributed by atoms with van der Waals surface area (Å²) in [4.78, 5) is 0. The summed E-state index contributed by atoms with van der Waals surface area (Å²) in [6.45, 7) is 4.14. The first-order chi connectivity index (χ1) is 9.22. The number of hydrogen-bond donors (Lipinski definition) is 2. The molecule has 2 N–H and O–H groups in total. The van der Waals surface area contributed by atoms with Crippen LogP contribution < -0.4 is 0 Å². The van der Waals surface area contributed by atoms with Gasteiger partial charge >= 0.3 is 0 Å². The third-order valence-corrected chi connectivity index (χ3v) is 3.09. The molecule has 0 spiro atoms. The van der Waals surface area contributed by atoms with Gasteiger partial charge in [0.1, 0.15) is 11.4 Å². The lowest BCUT2D eigenvalue weighted by molar-refractivity contribution is 0.313. The topological polar surface area (TPSA) is 65.2 Å². The molecule has 0 unspecified atom stereocenters. The van der Waals surface area contributed by atoms with Crippen LogP contribution in [0.5, 0.6) is 0 Å². The Bertz CT molecular complexity index is 436. The molecule has 0 aliphatic carbocycles. The Morgan fingerprint density at radius 2 is 1.68 bits per heavy atom. The van der Waals surface area contributed by atoms with E-state index in [1.165, 1.54) is 0 Å². The molecule has 0 bridgehead atoms. The van der Waals surface area contributed by atoms with Crippen molar-refractivity contribution in [3.8, 4) is 0 Å². The number of oxime groups is 2. The van der Waals surface area contributed by atoms with Gasteiger partial charge < -0.3 is 10.4 Å². The Morgan fingerprint density at radius 3 is 2.21 bits per heavy atom. The van der Waals surface area contributed by atoms with Crippen LogP contribution in [-0.2, 0) is 0 Å². The molecule has 1 aromatic carbocycles. The summed E-state index contributed by atoms with van der Waals surface area (Å²) in [6, 6.07) is 7.60. The molecule has 0 atom stereocenters. The van der Waals surface area contributed by atoms with E-state index in [-0.39, 0.29) is 0 Å². The molecule has 1 rings (SSSR count). The Hall–Kier alpha value is -1.84. The first-order valence-corrected chi connectivity index (χ1v) is 6.73. The van der Waals surface area contributed by atoms with E-state index < -0.39 is 0 Å². The fourth-order valence-corrected chi connectivity index (χ4v) is 1.93. The second kappa shape index (κ2) is 8.29. The van der Waals surface area contributed by atoms with Crippen LogP contribution in [0.1, 0.15) is 50.2 Å². The number of rotatable bonds is 7. The summed E-state index contributed by atoms with van der Waals surface area (Å²) in [5.41, 5.74) is 2.67. The maximum Gasteiger partial charge on any atom is 0.134 e. The van der Waals surface area contributed by atoms with Gasteiger partial charge in [-0.1, -0.05) is 66.3 Å². The lowest BCUT2D eigenvalue weighted by atomic mass is 10.00. The van der Waals surface area contributed by atoms with Crippen molar-refractivity contribution in [3.05, 3.63) is 35.4 Å². The van der Waals surface area contributed by atoms with Crippen LogP contribution >= 0.6 is 0 Å².